The Balaban J connectivity index is 1.63. The van der Waals surface area contributed by atoms with E-state index < -0.39 is 0 Å². The summed E-state index contributed by atoms with van der Waals surface area (Å²) in [7, 11) is 1.54. The van der Waals surface area contributed by atoms with Crippen LogP contribution in [0.25, 0.3) is 0 Å². The molecule has 1 aliphatic rings. The van der Waals surface area contributed by atoms with Gasteiger partial charge in [-0.1, -0.05) is 35.3 Å². The van der Waals surface area contributed by atoms with Crippen LogP contribution < -0.4 is 15.4 Å². The molecule has 7 heteroatoms. The fourth-order valence-corrected chi connectivity index (χ4v) is 3.09. The first kappa shape index (κ1) is 18.5. The summed E-state index contributed by atoms with van der Waals surface area (Å²) in [5.74, 6) is -0.632. The first-order chi connectivity index (χ1) is 12.4. The molecule has 0 aliphatic heterocycles. The third kappa shape index (κ3) is 3.94. The Kier molecular flexibility index (Phi) is 5.39. The van der Waals surface area contributed by atoms with E-state index in [9.17, 15) is 9.59 Å². The van der Waals surface area contributed by atoms with Crippen molar-refractivity contribution in [3.05, 3.63) is 52.0 Å². The highest BCUT2D eigenvalue weighted by Gasteiger charge is 2.48. The largest absolute Gasteiger partial charge is 0.495 e. The van der Waals surface area contributed by atoms with Gasteiger partial charge in [-0.25, -0.2) is 0 Å². The van der Waals surface area contributed by atoms with Crippen LogP contribution in [0.4, 0.5) is 11.4 Å². The van der Waals surface area contributed by atoms with Gasteiger partial charge in [-0.15, -0.1) is 0 Å². The second kappa shape index (κ2) is 7.56. The predicted molar refractivity (Wildman–Crippen MR) is 103 cm³/mol. The van der Waals surface area contributed by atoms with E-state index in [0.29, 0.717) is 28.6 Å². The Morgan fingerprint density at radius 3 is 2.35 bits per heavy atom. The minimum atomic E-state index is -0.388. The van der Waals surface area contributed by atoms with Crippen molar-refractivity contribution in [2.24, 2.45) is 11.8 Å². The number of hydrogen-bond acceptors (Lipinski definition) is 3. The van der Waals surface area contributed by atoms with Crippen LogP contribution in [0.2, 0.25) is 10.0 Å². The lowest BCUT2D eigenvalue weighted by Crippen LogP contribution is -2.21. The second-order valence-electron chi connectivity index (χ2n) is 6.23. The molecule has 0 radical (unpaired) electrons. The molecule has 0 spiro atoms. The van der Waals surface area contributed by atoms with Gasteiger partial charge in [0.05, 0.1) is 40.4 Å². The van der Waals surface area contributed by atoms with Crippen molar-refractivity contribution in [2.45, 2.75) is 13.3 Å². The summed E-state index contributed by atoms with van der Waals surface area (Å²) in [6.45, 7) is 1.93. The molecule has 2 amide bonds. The van der Waals surface area contributed by atoms with Crippen molar-refractivity contribution in [3.63, 3.8) is 0 Å². The number of anilines is 2. The van der Waals surface area contributed by atoms with E-state index in [1.54, 1.807) is 31.4 Å². The zero-order chi connectivity index (χ0) is 18.8. The van der Waals surface area contributed by atoms with E-state index in [-0.39, 0.29) is 28.7 Å². The average molecular weight is 393 g/mol. The number of hydrogen-bond donors (Lipinski definition) is 2. The fraction of sp³-hybridized carbons (Fsp3) is 0.263. The van der Waals surface area contributed by atoms with Crippen molar-refractivity contribution in [1.29, 1.82) is 0 Å². The number of carbonyl (C=O) groups is 2. The van der Waals surface area contributed by atoms with Crippen molar-refractivity contribution in [1.82, 2.24) is 0 Å². The maximum absolute atomic E-state index is 12.4. The topological polar surface area (TPSA) is 67.4 Å². The normalized spacial score (nSPS) is 18.2. The smallest absolute Gasteiger partial charge is 0.228 e. The molecule has 2 atom stereocenters. The highest BCUT2D eigenvalue weighted by atomic mass is 35.5. The quantitative estimate of drug-likeness (QED) is 0.785. The zero-order valence-electron chi connectivity index (χ0n) is 14.3. The molecule has 1 saturated carbocycles. The minimum absolute atomic E-state index is 0.203. The van der Waals surface area contributed by atoms with E-state index in [2.05, 4.69) is 10.6 Å². The number of halogens is 2. The third-order valence-electron chi connectivity index (χ3n) is 4.29. The first-order valence-corrected chi connectivity index (χ1v) is 8.86. The molecule has 1 aliphatic carbocycles. The van der Waals surface area contributed by atoms with Crippen LogP contribution in [-0.2, 0) is 9.59 Å². The van der Waals surface area contributed by atoms with Gasteiger partial charge in [-0.05, 0) is 43.2 Å². The summed E-state index contributed by atoms with van der Waals surface area (Å²) in [4.78, 5) is 24.8. The van der Waals surface area contributed by atoms with Crippen LogP contribution in [0.1, 0.15) is 12.0 Å². The van der Waals surface area contributed by atoms with Crippen LogP contribution in [0.3, 0.4) is 0 Å². The van der Waals surface area contributed by atoms with Gasteiger partial charge in [0.25, 0.3) is 0 Å². The summed E-state index contributed by atoms with van der Waals surface area (Å²) < 4.78 is 5.26. The molecule has 2 aromatic carbocycles. The monoisotopic (exact) mass is 392 g/mol. The Hall–Kier alpha value is -2.24. The molecule has 2 N–H and O–H groups in total. The second-order valence-corrected chi connectivity index (χ2v) is 7.02. The fourth-order valence-electron chi connectivity index (χ4n) is 2.75. The number of aryl methyl sites for hydroxylation is 1. The molecule has 5 nitrogen and oxygen atoms in total. The molecule has 136 valence electrons. The van der Waals surface area contributed by atoms with E-state index >= 15 is 0 Å². The molecule has 2 unspecified atom stereocenters. The van der Waals surface area contributed by atoms with Crippen molar-refractivity contribution in [2.75, 3.05) is 17.7 Å². The summed E-state index contributed by atoms with van der Waals surface area (Å²) >= 11 is 12.0. The maximum Gasteiger partial charge on any atom is 0.228 e. The van der Waals surface area contributed by atoms with Crippen LogP contribution >= 0.6 is 23.2 Å². The number of carbonyl (C=O) groups excluding carboxylic acids is 2. The maximum atomic E-state index is 12.4. The molecular weight excluding hydrogens is 375 g/mol. The number of ether oxygens (including phenoxy) is 1. The number of rotatable bonds is 5. The number of benzene rings is 2. The summed E-state index contributed by atoms with van der Waals surface area (Å²) in [5, 5.41) is 6.22. The highest BCUT2D eigenvalue weighted by molar-refractivity contribution is 6.44. The van der Waals surface area contributed by atoms with Crippen LogP contribution in [-0.4, -0.2) is 18.9 Å². The average Bonchev–Trinajstić information content (AvgIpc) is 3.40. The van der Waals surface area contributed by atoms with E-state index in [0.717, 1.165) is 5.56 Å². The lowest BCUT2D eigenvalue weighted by atomic mass is 10.2. The minimum Gasteiger partial charge on any atom is -0.495 e. The van der Waals surface area contributed by atoms with Crippen LogP contribution in [0.15, 0.2) is 36.4 Å². The molecule has 0 heterocycles. The van der Waals surface area contributed by atoms with E-state index in [1.165, 1.54) is 0 Å². The van der Waals surface area contributed by atoms with Gasteiger partial charge in [0.15, 0.2) is 0 Å². The summed E-state index contributed by atoms with van der Waals surface area (Å²) in [5.41, 5.74) is 2.04. The molecule has 0 saturated heterocycles. The lowest BCUT2D eigenvalue weighted by Gasteiger charge is -2.11. The predicted octanol–water partition coefficient (Wildman–Crippen LogP) is 4.52. The van der Waals surface area contributed by atoms with Gasteiger partial charge in [-0.2, -0.15) is 0 Å². The molecule has 2 aromatic rings. The Bertz CT molecular complexity index is 870. The van der Waals surface area contributed by atoms with E-state index in [4.69, 9.17) is 27.9 Å². The van der Waals surface area contributed by atoms with Gasteiger partial charge in [0.1, 0.15) is 5.75 Å². The van der Waals surface area contributed by atoms with Gasteiger partial charge in [0, 0.05) is 0 Å². The molecule has 0 bridgehead atoms. The SMILES string of the molecule is COc1ccc(C)cc1NC(=O)C1CC1C(=O)Nc1cccc(Cl)c1Cl. The Morgan fingerprint density at radius 2 is 1.69 bits per heavy atom. The van der Waals surface area contributed by atoms with Crippen molar-refractivity contribution >= 4 is 46.4 Å². The van der Waals surface area contributed by atoms with Gasteiger partial charge in [-0.3, -0.25) is 9.59 Å². The summed E-state index contributed by atoms with van der Waals surface area (Å²) in [6, 6.07) is 10.5. The number of amides is 2. The Labute approximate surface area is 161 Å². The van der Waals surface area contributed by atoms with Gasteiger partial charge >= 0.3 is 0 Å². The summed E-state index contributed by atoms with van der Waals surface area (Å²) in [6.07, 6.45) is 0.490. The molecule has 26 heavy (non-hydrogen) atoms. The first-order valence-electron chi connectivity index (χ1n) is 8.11. The third-order valence-corrected chi connectivity index (χ3v) is 5.11. The number of methoxy groups -OCH3 is 1. The van der Waals surface area contributed by atoms with Crippen molar-refractivity contribution < 1.29 is 14.3 Å². The van der Waals surface area contributed by atoms with Gasteiger partial charge in [0.2, 0.25) is 11.8 Å². The van der Waals surface area contributed by atoms with E-state index in [1.807, 2.05) is 19.1 Å². The van der Waals surface area contributed by atoms with Crippen LogP contribution in [0.5, 0.6) is 5.75 Å². The molecule has 3 rings (SSSR count). The lowest BCUT2D eigenvalue weighted by molar-refractivity contribution is -0.122. The zero-order valence-corrected chi connectivity index (χ0v) is 15.8. The van der Waals surface area contributed by atoms with Gasteiger partial charge < -0.3 is 15.4 Å². The van der Waals surface area contributed by atoms with Crippen LogP contribution in [0, 0.1) is 18.8 Å². The Morgan fingerprint density at radius 1 is 1.04 bits per heavy atom. The molecule has 0 aromatic heterocycles. The highest BCUT2D eigenvalue weighted by Crippen LogP contribution is 2.41. The number of nitrogens with one attached hydrogen (secondary N) is 2. The van der Waals surface area contributed by atoms with Crippen molar-refractivity contribution in [3.8, 4) is 5.75 Å². The molecular formula is C19H18Cl2N2O3. The standard InChI is InChI=1S/C19H18Cl2N2O3/c1-10-6-7-16(26-2)15(8-10)23-19(25)12-9-11(12)18(24)22-14-5-3-4-13(20)17(14)21/h3-8,11-12H,9H2,1-2H3,(H,22,24)(H,23,25). The molecule has 1 fully saturated rings.